The Bertz CT molecular complexity index is 570. The summed E-state index contributed by atoms with van der Waals surface area (Å²) in [4.78, 5) is 27.6. The molecule has 0 unspecified atom stereocenters. The minimum atomic E-state index is -0.546. The zero-order valence-electron chi connectivity index (χ0n) is 9.06. The second-order valence-corrected chi connectivity index (χ2v) is 3.95. The van der Waals surface area contributed by atoms with E-state index in [2.05, 4.69) is 10.3 Å². The second-order valence-electron chi connectivity index (χ2n) is 3.95. The molecule has 1 aliphatic rings. The van der Waals surface area contributed by atoms with Crippen molar-refractivity contribution in [3.05, 3.63) is 30.3 Å². The van der Waals surface area contributed by atoms with Crippen molar-refractivity contribution in [2.75, 3.05) is 18.0 Å². The molecule has 2 heterocycles. The molecule has 86 valence electrons. The highest BCUT2D eigenvalue weighted by Gasteiger charge is 2.28. The third-order valence-electron chi connectivity index (χ3n) is 2.87. The van der Waals surface area contributed by atoms with Crippen LogP contribution in [0.5, 0.6) is 0 Å². The number of hydrogen-bond acceptors (Lipinski definition) is 2. The summed E-state index contributed by atoms with van der Waals surface area (Å²) in [5.74, 6) is -0.385. The molecule has 0 spiro atoms. The number of aromatic amines is 1. The normalized spacial score (nSPS) is 16.4. The van der Waals surface area contributed by atoms with Gasteiger partial charge in [-0.2, -0.15) is 0 Å². The lowest BCUT2D eigenvalue weighted by Crippen LogP contribution is -2.52. The first kappa shape index (κ1) is 9.89. The molecule has 0 bridgehead atoms. The van der Waals surface area contributed by atoms with Gasteiger partial charge < -0.3 is 10.3 Å². The quantitative estimate of drug-likeness (QED) is 0.704. The van der Waals surface area contributed by atoms with Crippen molar-refractivity contribution in [2.45, 2.75) is 0 Å². The number of aromatic nitrogens is 1. The molecular weight excluding hydrogens is 218 g/mol. The molecule has 1 aromatic carbocycles. The van der Waals surface area contributed by atoms with Crippen molar-refractivity contribution < 1.29 is 9.59 Å². The highest BCUT2D eigenvalue weighted by Crippen LogP contribution is 2.22. The molecule has 2 aromatic rings. The SMILES string of the molecule is O=C1NCCN(c2cc3ccccc3[nH]2)C1=O. The van der Waals surface area contributed by atoms with Crippen molar-refractivity contribution in [1.29, 1.82) is 0 Å². The van der Waals surface area contributed by atoms with Gasteiger partial charge >= 0.3 is 11.8 Å². The van der Waals surface area contributed by atoms with E-state index in [9.17, 15) is 9.59 Å². The summed E-state index contributed by atoms with van der Waals surface area (Å²) in [6, 6.07) is 9.64. The standard InChI is InChI=1S/C12H11N3O2/c16-11-12(17)15(6-5-13-11)10-7-8-3-1-2-4-9(8)14-10/h1-4,7,14H,5-6H2,(H,13,16). The van der Waals surface area contributed by atoms with Gasteiger partial charge in [0.25, 0.3) is 0 Å². The molecule has 0 radical (unpaired) electrons. The highest BCUT2D eigenvalue weighted by atomic mass is 16.2. The number of anilines is 1. The minimum Gasteiger partial charge on any atom is -0.346 e. The summed E-state index contributed by atoms with van der Waals surface area (Å²) in [6.45, 7) is 0.983. The summed E-state index contributed by atoms with van der Waals surface area (Å²) < 4.78 is 0. The molecule has 1 saturated heterocycles. The Hall–Kier alpha value is -2.30. The summed E-state index contributed by atoms with van der Waals surface area (Å²) in [5, 5.41) is 3.55. The molecule has 5 heteroatoms. The van der Waals surface area contributed by atoms with Crippen molar-refractivity contribution in [3.8, 4) is 0 Å². The van der Waals surface area contributed by atoms with Gasteiger partial charge in [-0.15, -0.1) is 0 Å². The largest absolute Gasteiger partial charge is 0.346 e. The van der Waals surface area contributed by atoms with Gasteiger partial charge in [-0.1, -0.05) is 18.2 Å². The molecule has 1 fully saturated rings. The number of hydrogen-bond donors (Lipinski definition) is 2. The molecule has 0 atom stereocenters. The molecule has 0 aliphatic carbocycles. The number of rotatable bonds is 1. The first-order chi connectivity index (χ1) is 8.25. The third-order valence-corrected chi connectivity index (χ3v) is 2.87. The van der Waals surface area contributed by atoms with E-state index in [0.29, 0.717) is 18.9 Å². The van der Waals surface area contributed by atoms with Crippen LogP contribution in [0.25, 0.3) is 10.9 Å². The number of piperazine rings is 1. The first-order valence-electron chi connectivity index (χ1n) is 5.43. The van der Waals surface area contributed by atoms with E-state index >= 15 is 0 Å². The fourth-order valence-electron chi connectivity index (χ4n) is 2.01. The Balaban J connectivity index is 2.03. The van der Waals surface area contributed by atoms with Gasteiger partial charge in [0, 0.05) is 24.0 Å². The number of carbonyl (C=O) groups excluding carboxylic acids is 2. The number of carbonyl (C=O) groups is 2. The monoisotopic (exact) mass is 229 g/mol. The average molecular weight is 229 g/mol. The van der Waals surface area contributed by atoms with E-state index in [1.54, 1.807) is 0 Å². The van der Waals surface area contributed by atoms with E-state index in [0.717, 1.165) is 10.9 Å². The topological polar surface area (TPSA) is 65.2 Å². The summed E-state index contributed by atoms with van der Waals surface area (Å²) >= 11 is 0. The van der Waals surface area contributed by atoms with Crippen LogP contribution in [0.1, 0.15) is 0 Å². The van der Waals surface area contributed by atoms with Gasteiger partial charge in [-0.25, -0.2) is 0 Å². The van der Waals surface area contributed by atoms with Crippen molar-refractivity contribution in [2.24, 2.45) is 0 Å². The van der Waals surface area contributed by atoms with Crippen LogP contribution in [0, 0.1) is 0 Å². The van der Waals surface area contributed by atoms with Crippen LogP contribution in [0.2, 0.25) is 0 Å². The molecule has 0 saturated carbocycles. The fourth-order valence-corrected chi connectivity index (χ4v) is 2.01. The number of amides is 2. The maximum Gasteiger partial charge on any atom is 0.317 e. The molecule has 17 heavy (non-hydrogen) atoms. The predicted octanol–water partition coefficient (Wildman–Crippen LogP) is 0.631. The lowest BCUT2D eigenvalue weighted by molar-refractivity contribution is -0.138. The van der Waals surface area contributed by atoms with Gasteiger partial charge in [0.05, 0.1) is 0 Å². The predicted molar refractivity (Wildman–Crippen MR) is 63.7 cm³/mol. The number of fused-ring (bicyclic) bond motifs is 1. The van der Waals surface area contributed by atoms with Crippen LogP contribution in [-0.4, -0.2) is 29.9 Å². The van der Waals surface area contributed by atoms with Gasteiger partial charge in [-0.05, 0) is 12.1 Å². The Labute approximate surface area is 97.4 Å². The fraction of sp³-hybridized carbons (Fsp3) is 0.167. The smallest absolute Gasteiger partial charge is 0.317 e. The maximum absolute atomic E-state index is 11.7. The maximum atomic E-state index is 11.7. The zero-order chi connectivity index (χ0) is 11.8. The van der Waals surface area contributed by atoms with Gasteiger partial charge in [0.2, 0.25) is 0 Å². The van der Waals surface area contributed by atoms with Gasteiger partial charge in [-0.3, -0.25) is 14.5 Å². The number of nitrogens with zero attached hydrogens (tertiary/aromatic N) is 1. The van der Waals surface area contributed by atoms with E-state index < -0.39 is 11.8 Å². The van der Waals surface area contributed by atoms with Crippen LogP contribution in [-0.2, 0) is 9.59 Å². The lowest BCUT2D eigenvalue weighted by atomic mass is 10.2. The van der Waals surface area contributed by atoms with Crippen molar-refractivity contribution >= 4 is 28.5 Å². The number of para-hydroxylation sites is 1. The Morgan fingerprint density at radius 3 is 2.82 bits per heavy atom. The summed E-state index contributed by atoms with van der Waals surface area (Å²) in [6.07, 6.45) is 0. The Morgan fingerprint density at radius 1 is 1.18 bits per heavy atom. The molecule has 3 rings (SSSR count). The third kappa shape index (κ3) is 1.56. The zero-order valence-corrected chi connectivity index (χ0v) is 9.06. The highest BCUT2D eigenvalue weighted by molar-refractivity contribution is 6.41. The van der Waals surface area contributed by atoms with Crippen LogP contribution in [0.4, 0.5) is 5.82 Å². The minimum absolute atomic E-state index is 0.486. The second kappa shape index (κ2) is 3.62. The van der Waals surface area contributed by atoms with E-state index in [1.165, 1.54) is 4.90 Å². The Kier molecular flexibility index (Phi) is 2.11. The average Bonchev–Trinajstić information content (AvgIpc) is 2.76. The van der Waals surface area contributed by atoms with E-state index in [-0.39, 0.29) is 0 Å². The van der Waals surface area contributed by atoms with Crippen LogP contribution < -0.4 is 10.2 Å². The van der Waals surface area contributed by atoms with Crippen molar-refractivity contribution in [3.63, 3.8) is 0 Å². The summed E-state index contributed by atoms with van der Waals surface area (Å²) in [7, 11) is 0. The van der Waals surface area contributed by atoms with E-state index in [4.69, 9.17) is 0 Å². The molecule has 2 amide bonds. The lowest BCUT2D eigenvalue weighted by Gasteiger charge is -2.24. The van der Waals surface area contributed by atoms with Crippen molar-refractivity contribution in [1.82, 2.24) is 10.3 Å². The van der Waals surface area contributed by atoms with Gasteiger partial charge in [0.1, 0.15) is 5.82 Å². The molecule has 1 aliphatic heterocycles. The first-order valence-corrected chi connectivity index (χ1v) is 5.43. The Morgan fingerprint density at radius 2 is 2.00 bits per heavy atom. The van der Waals surface area contributed by atoms with Gasteiger partial charge in [0.15, 0.2) is 0 Å². The van der Waals surface area contributed by atoms with Crippen LogP contribution in [0.3, 0.4) is 0 Å². The molecule has 2 N–H and O–H groups in total. The molecule has 5 nitrogen and oxygen atoms in total. The number of H-pyrrole nitrogens is 1. The number of nitrogens with one attached hydrogen (secondary N) is 2. The molecule has 1 aromatic heterocycles. The molecular formula is C12H11N3O2. The summed E-state index contributed by atoms with van der Waals surface area (Å²) in [5.41, 5.74) is 0.960. The van der Waals surface area contributed by atoms with Crippen LogP contribution in [0.15, 0.2) is 30.3 Å². The van der Waals surface area contributed by atoms with Crippen LogP contribution >= 0.6 is 0 Å². The van der Waals surface area contributed by atoms with E-state index in [1.807, 2.05) is 30.3 Å². The number of benzene rings is 1.